The van der Waals surface area contributed by atoms with Gasteiger partial charge in [0.05, 0.1) is 47.0 Å². The molecule has 302 valence electrons. The van der Waals surface area contributed by atoms with E-state index < -0.39 is 101 Å². The Morgan fingerprint density at radius 2 is 1.41 bits per heavy atom. The van der Waals surface area contributed by atoms with Gasteiger partial charge in [-0.3, -0.25) is 14.4 Å². The zero-order valence-corrected chi connectivity index (χ0v) is 32.5. The molecule has 0 radical (unpaired) electrons. The van der Waals surface area contributed by atoms with Gasteiger partial charge in [0.1, 0.15) is 30.0 Å². The number of ether oxygens (including phenoxy) is 6. The van der Waals surface area contributed by atoms with Crippen LogP contribution in [0.5, 0.6) is 0 Å². The van der Waals surface area contributed by atoms with Crippen molar-refractivity contribution in [2.24, 2.45) is 11.3 Å². The molecule has 6 rings (SSSR count). The molecule has 10 atom stereocenters. The SMILES string of the molecule is CC(=O)O[C@H]1CC[C@](C)(O)[C@]23OC(C)(C)[C@H]([C@H](OC(=O)/C=C/c4ccccc4)[C@H](OC(=O)c4ccccc4)[C@]12C)[C@H]3OC(=O)CCC(=O)OC1CCCCC1O. The first-order chi connectivity index (χ1) is 26.5. The van der Waals surface area contributed by atoms with E-state index in [4.69, 9.17) is 28.4 Å². The molecule has 1 aliphatic heterocycles. The highest BCUT2D eigenvalue weighted by Crippen LogP contribution is 2.69. The molecule has 13 heteroatoms. The van der Waals surface area contributed by atoms with Crippen LogP contribution >= 0.6 is 0 Å². The van der Waals surface area contributed by atoms with E-state index in [-0.39, 0.29) is 24.8 Å². The lowest BCUT2D eigenvalue weighted by molar-refractivity contribution is -0.336. The molecule has 0 aromatic heterocycles. The lowest BCUT2D eigenvalue weighted by atomic mass is 9.47. The highest BCUT2D eigenvalue weighted by molar-refractivity contribution is 5.90. The minimum Gasteiger partial charge on any atom is -0.462 e. The number of fused-ring (bicyclic) bond motifs is 1. The average Bonchev–Trinajstić information content (AvgIpc) is 3.37. The second kappa shape index (κ2) is 16.1. The van der Waals surface area contributed by atoms with Crippen molar-refractivity contribution in [1.29, 1.82) is 0 Å². The molecule has 13 nitrogen and oxygen atoms in total. The van der Waals surface area contributed by atoms with Crippen molar-refractivity contribution in [2.45, 2.75) is 139 Å². The number of benzene rings is 2. The van der Waals surface area contributed by atoms with Crippen LogP contribution in [-0.4, -0.2) is 93.5 Å². The smallest absolute Gasteiger partial charge is 0.338 e. The second-order valence-electron chi connectivity index (χ2n) is 16.3. The molecule has 2 unspecified atom stereocenters. The van der Waals surface area contributed by atoms with Gasteiger partial charge in [-0.1, -0.05) is 55.0 Å². The lowest BCUT2D eigenvalue weighted by Crippen LogP contribution is -2.81. The molecule has 2 aromatic carbocycles. The number of hydrogen-bond acceptors (Lipinski definition) is 13. The standard InChI is InChI=1S/C43H52O13/c1-26(44)51-31-24-25-41(4,50)43-37(54-34(48)23-22-32(46)52-30-19-13-12-18-29(30)45)35(40(2,3)56-43)36(53-33(47)21-20-27-14-8-6-9-15-27)38(42(31,43)5)55-39(49)28-16-10-7-11-17-28/h6-11,14-17,20-21,29-31,35-38,45,50H,12-13,18-19,22-25H2,1-5H3/b21-20+/t29?,30?,31-,35+,36-,37+,38-,41-,42-,43-/m0/s1. The summed E-state index contributed by atoms with van der Waals surface area (Å²) in [5, 5.41) is 22.8. The molecule has 1 heterocycles. The van der Waals surface area contributed by atoms with Gasteiger partial charge in [0.15, 0.2) is 6.10 Å². The molecule has 1 saturated heterocycles. The maximum absolute atomic E-state index is 14.0. The predicted molar refractivity (Wildman–Crippen MR) is 199 cm³/mol. The number of rotatable bonds is 11. The van der Waals surface area contributed by atoms with Crippen molar-refractivity contribution in [2.75, 3.05) is 0 Å². The average molecular weight is 777 g/mol. The van der Waals surface area contributed by atoms with Crippen molar-refractivity contribution in [3.8, 4) is 0 Å². The van der Waals surface area contributed by atoms with Crippen LogP contribution in [-0.2, 0) is 47.6 Å². The van der Waals surface area contributed by atoms with Gasteiger partial charge in [-0.2, -0.15) is 0 Å². The Balaban J connectivity index is 1.42. The zero-order chi connectivity index (χ0) is 40.5. The number of esters is 5. The van der Waals surface area contributed by atoms with Gasteiger partial charge in [-0.15, -0.1) is 0 Å². The summed E-state index contributed by atoms with van der Waals surface area (Å²) in [6.45, 7) is 7.80. The number of hydrogen-bond donors (Lipinski definition) is 2. The third-order valence-electron chi connectivity index (χ3n) is 12.1. The summed E-state index contributed by atoms with van der Waals surface area (Å²) in [5.74, 6) is -4.80. The quantitative estimate of drug-likeness (QED) is 0.176. The molecular weight excluding hydrogens is 724 g/mol. The first-order valence-corrected chi connectivity index (χ1v) is 19.4. The maximum Gasteiger partial charge on any atom is 0.338 e. The topological polar surface area (TPSA) is 181 Å². The van der Waals surface area contributed by atoms with Crippen LogP contribution in [0.25, 0.3) is 6.08 Å². The molecule has 3 saturated carbocycles. The molecular formula is C43H52O13. The van der Waals surface area contributed by atoms with E-state index in [2.05, 4.69) is 0 Å². The molecule has 2 N–H and O–H groups in total. The van der Waals surface area contributed by atoms with Crippen LogP contribution < -0.4 is 0 Å². The Morgan fingerprint density at radius 3 is 2.05 bits per heavy atom. The Bertz CT molecular complexity index is 1810. The van der Waals surface area contributed by atoms with Gasteiger partial charge < -0.3 is 38.6 Å². The summed E-state index contributed by atoms with van der Waals surface area (Å²) >= 11 is 0. The van der Waals surface area contributed by atoms with E-state index in [1.807, 2.05) is 18.2 Å². The summed E-state index contributed by atoms with van der Waals surface area (Å²) in [5.41, 5.74) is -5.85. The minimum atomic E-state index is -1.92. The number of carbonyl (C=O) groups excluding carboxylic acids is 5. The third kappa shape index (κ3) is 7.73. The minimum absolute atomic E-state index is 0.0248. The summed E-state index contributed by atoms with van der Waals surface area (Å²) < 4.78 is 37.4. The summed E-state index contributed by atoms with van der Waals surface area (Å²) in [7, 11) is 0. The lowest BCUT2D eigenvalue weighted by Gasteiger charge is -2.65. The predicted octanol–water partition coefficient (Wildman–Crippen LogP) is 5.04. The molecule has 2 aromatic rings. The Hall–Kier alpha value is -4.59. The summed E-state index contributed by atoms with van der Waals surface area (Å²) in [6.07, 6.45) is -1.88. The van der Waals surface area contributed by atoms with Crippen molar-refractivity contribution in [3.05, 3.63) is 77.9 Å². The van der Waals surface area contributed by atoms with Gasteiger partial charge in [0.25, 0.3) is 0 Å². The fourth-order valence-corrected chi connectivity index (χ4v) is 9.57. The van der Waals surface area contributed by atoms with Crippen molar-refractivity contribution in [1.82, 2.24) is 0 Å². The van der Waals surface area contributed by atoms with Gasteiger partial charge in [-0.25, -0.2) is 9.59 Å². The largest absolute Gasteiger partial charge is 0.462 e. The van der Waals surface area contributed by atoms with E-state index >= 15 is 0 Å². The van der Waals surface area contributed by atoms with E-state index in [9.17, 15) is 34.2 Å². The number of aliphatic hydroxyl groups excluding tert-OH is 1. The Morgan fingerprint density at radius 1 is 0.786 bits per heavy atom. The van der Waals surface area contributed by atoms with Crippen molar-refractivity contribution < 1.29 is 62.6 Å². The fraction of sp³-hybridized carbons (Fsp3) is 0.558. The highest BCUT2D eigenvalue weighted by Gasteiger charge is 2.85. The summed E-state index contributed by atoms with van der Waals surface area (Å²) in [4.78, 5) is 67.3. The van der Waals surface area contributed by atoms with E-state index in [0.29, 0.717) is 12.8 Å². The summed E-state index contributed by atoms with van der Waals surface area (Å²) in [6, 6.07) is 17.3. The molecule has 4 fully saturated rings. The highest BCUT2D eigenvalue weighted by atomic mass is 16.6. The van der Waals surface area contributed by atoms with Crippen LogP contribution in [0.3, 0.4) is 0 Å². The number of aliphatic hydroxyl groups is 2. The molecule has 2 bridgehead atoms. The Labute approximate surface area is 326 Å². The van der Waals surface area contributed by atoms with Gasteiger partial charge in [-0.05, 0) is 83.6 Å². The monoisotopic (exact) mass is 776 g/mol. The van der Waals surface area contributed by atoms with E-state index in [1.165, 1.54) is 19.9 Å². The fourth-order valence-electron chi connectivity index (χ4n) is 9.57. The normalized spacial score (nSPS) is 34.4. The molecule has 3 aliphatic carbocycles. The van der Waals surface area contributed by atoms with Crippen LogP contribution in [0.2, 0.25) is 0 Å². The first kappa shape index (κ1) is 41.1. The third-order valence-corrected chi connectivity index (χ3v) is 12.1. The van der Waals surface area contributed by atoms with Crippen LogP contribution in [0.4, 0.5) is 0 Å². The van der Waals surface area contributed by atoms with E-state index in [0.717, 1.165) is 18.4 Å². The Kier molecular flexibility index (Phi) is 11.8. The van der Waals surface area contributed by atoms with Crippen LogP contribution in [0.15, 0.2) is 66.7 Å². The van der Waals surface area contributed by atoms with Crippen LogP contribution in [0, 0.1) is 11.3 Å². The molecule has 0 amide bonds. The maximum atomic E-state index is 14.0. The zero-order valence-electron chi connectivity index (χ0n) is 32.5. The van der Waals surface area contributed by atoms with Crippen LogP contribution in [0.1, 0.15) is 102 Å². The molecule has 56 heavy (non-hydrogen) atoms. The molecule has 1 spiro atoms. The van der Waals surface area contributed by atoms with Gasteiger partial charge in [0.2, 0.25) is 0 Å². The van der Waals surface area contributed by atoms with Crippen molar-refractivity contribution >= 4 is 35.9 Å². The van der Waals surface area contributed by atoms with Crippen molar-refractivity contribution in [3.63, 3.8) is 0 Å². The van der Waals surface area contributed by atoms with E-state index in [1.54, 1.807) is 69.3 Å². The van der Waals surface area contributed by atoms with Gasteiger partial charge in [0, 0.05) is 13.0 Å². The second-order valence-corrected chi connectivity index (χ2v) is 16.3. The van der Waals surface area contributed by atoms with Gasteiger partial charge >= 0.3 is 29.8 Å². The molecule has 4 aliphatic rings. The first-order valence-electron chi connectivity index (χ1n) is 19.4. The number of carbonyl (C=O) groups is 5.